The van der Waals surface area contributed by atoms with Crippen molar-refractivity contribution in [2.45, 2.75) is 30.2 Å². The molecule has 0 spiro atoms. The van der Waals surface area contributed by atoms with Gasteiger partial charge in [-0.3, -0.25) is 4.79 Å². The first kappa shape index (κ1) is 13.2. The second kappa shape index (κ2) is 4.44. The van der Waals surface area contributed by atoms with Crippen LogP contribution in [0.5, 0.6) is 0 Å². The molecule has 18 heavy (non-hydrogen) atoms. The normalized spacial score (nSPS) is 25.2. The van der Waals surface area contributed by atoms with Crippen LogP contribution in [-0.4, -0.2) is 31.1 Å². The topological polar surface area (TPSA) is 54.5 Å². The average molecular weight is 270 g/mol. The molecule has 1 radical (unpaired) electrons. The molecule has 1 aromatic rings. The van der Waals surface area contributed by atoms with Gasteiger partial charge in [0, 0.05) is 6.54 Å². The highest BCUT2D eigenvalue weighted by Crippen LogP contribution is 2.32. The van der Waals surface area contributed by atoms with Gasteiger partial charge in [0.05, 0.1) is 10.4 Å². The Hall–Kier alpha value is -1.27. The zero-order valence-electron chi connectivity index (χ0n) is 9.89. The summed E-state index contributed by atoms with van der Waals surface area (Å²) in [4.78, 5) is 10.8. The molecule has 0 aromatic heterocycles. The van der Waals surface area contributed by atoms with Crippen molar-refractivity contribution < 1.29 is 17.6 Å². The van der Waals surface area contributed by atoms with E-state index < -0.39 is 21.4 Å². The van der Waals surface area contributed by atoms with E-state index in [0.717, 1.165) is 10.4 Å². The number of hydrogen-bond donors (Lipinski definition) is 0. The SMILES string of the molecule is C[C@@]1([C]=O)CCCN1S(=O)(=O)c1cccc(F)c1. The molecular formula is C12H13FNO3S. The number of rotatable bonds is 3. The summed E-state index contributed by atoms with van der Waals surface area (Å²) in [6, 6.07) is 4.79. The molecule has 1 heterocycles. The van der Waals surface area contributed by atoms with Gasteiger partial charge in [-0.1, -0.05) is 6.07 Å². The summed E-state index contributed by atoms with van der Waals surface area (Å²) in [5.41, 5.74) is -1.15. The molecule has 0 aliphatic carbocycles. The van der Waals surface area contributed by atoms with Crippen molar-refractivity contribution >= 4 is 16.3 Å². The van der Waals surface area contributed by atoms with Crippen LogP contribution in [0.1, 0.15) is 19.8 Å². The van der Waals surface area contributed by atoms with Crippen LogP contribution in [0, 0.1) is 5.82 Å². The number of hydrogen-bond acceptors (Lipinski definition) is 3. The molecule has 2 rings (SSSR count). The van der Waals surface area contributed by atoms with E-state index >= 15 is 0 Å². The molecule has 0 unspecified atom stereocenters. The van der Waals surface area contributed by atoms with Crippen LogP contribution in [0.15, 0.2) is 29.2 Å². The van der Waals surface area contributed by atoms with Crippen LogP contribution in [0.3, 0.4) is 0 Å². The van der Waals surface area contributed by atoms with E-state index in [1.807, 2.05) is 0 Å². The Labute approximate surface area is 105 Å². The van der Waals surface area contributed by atoms with Gasteiger partial charge in [-0.2, -0.15) is 4.31 Å². The molecule has 4 nitrogen and oxygen atoms in total. The van der Waals surface area contributed by atoms with Crippen LogP contribution >= 0.6 is 0 Å². The van der Waals surface area contributed by atoms with Gasteiger partial charge < -0.3 is 0 Å². The fourth-order valence-corrected chi connectivity index (χ4v) is 3.98. The second-order valence-electron chi connectivity index (χ2n) is 4.51. The maximum absolute atomic E-state index is 13.1. The van der Waals surface area contributed by atoms with Gasteiger partial charge in [0.15, 0.2) is 0 Å². The minimum absolute atomic E-state index is 0.133. The maximum atomic E-state index is 13.1. The summed E-state index contributed by atoms with van der Waals surface area (Å²) in [7, 11) is -3.85. The van der Waals surface area contributed by atoms with E-state index in [-0.39, 0.29) is 11.4 Å². The smallest absolute Gasteiger partial charge is 0.244 e. The Morgan fingerprint density at radius 1 is 1.44 bits per heavy atom. The van der Waals surface area contributed by atoms with Gasteiger partial charge in [0.1, 0.15) is 5.82 Å². The van der Waals surface area contributed by atoms with Gasteiger partial charge in [-0.15, -0.1) is 0 Å². The Morgan fingerprint density at radius 3 is 2.78 bits per heavy atom. The number of carbonyl (C=O) groups excluding carboxylic acids is 1. The fourth-order valence-electron chi connectivity index (χ4n) is 2.18. The van der Waals surface area contributed by atoms with Crippen molar-refractivity contribution in [1.82, 2.24) is 4.31 Å². The molecule has 1 fully saturated rings. The molecule has 0 saturated carbocycles. The summed E-state index contributed by atoms with van der Waals surface area (Å²) < 4.78 is 38.9. The van der Waals surface area contributed by atoms with Crippen molar-refractivity contribution in [2.24, 2.45) is 0 Å². The van der Waals surface area contributed by atoms with E-state index in [2.05, 4.69) is 0 Å². The molecular weight excluding hydrogens is 257 g/mol. The summed E-state index contributed by atoms with van der Waals surface area (Å²) in [6.45, 7) is 1.79. The monoisotopic (exact) mass is 270 g/mol. The van der Waals surface area contributed by atoms with Gasteiger partial charge in [0.25, 0.3) is 0 Å². The molecule has 0 N–H and O–H groups in total. The summed E-state index contributed by atoms with van der Waals surface area (Å²) in [6.07, 6.45) is 2.82. The lowest BCUT2D eigenvalue weighted by atomic mass is 10.0. The first-order valence-electron chi connectivity index (χ1n) is 5.58. The molecule has 0 bridgehead atoms. The third-order valence-electron chi connectivity index (χ3n) is 3.18. The van der Waals surface area contributed by atoms with Gasteiger partial charge in [-0.05, 0) is 38.0 Å². The Bertz CT molecular complexity index is 572. The van der Waals surface area contributed by atoms with Crippen LogP contribution in [0.25, 0.3) is 0 Å². The summed E-state index contributed by atoms with van der Waals surface area (Å²) >= 11 is 0. The number of halogens is 1. The Morgan fingerprint density at radius 2 is 2.17 bits per heavy atom. The highest BCUT2D eigenvalue weighted by atomic mass is 32.2. The number of sulfonamides is 1. The minimum atomic E-state index is -3.85. The molecule has 1 aliphatic rings. The van der Waals surface area contributed by atoms with Crippen molar-refractivity contribution in [3.05, 3.63) is 30.1 Å². The molecule has 1 atom stereocenters. The minimum Gasteiger partial charge on any atom is -0.289 e. The quantitative estimate of drug-likeness (QED) is 0.836. The molecule has 1 aromatic carbocycles. The van der Waals surface area contributed by atoms with Gasteiger partial charge >= 0.3 is 0 Å². The van der Waals surface area contributed by atoms with Gasteiger partial charge in [0.2, 0.25) is 16.3 Å². The summed E-state index contributed by atoms with van der Waals surface area (Å²) in [5.74, 6) is -0.618. The van der Waals surface area contributed by atoms with E-state index in [1.165, 1.54) is 25.1 Å². The Kier molecular flexibility index (Phi) is 3.25. The highest BCUT2D eigenvalue weighted by Gasteiger charge is 2.45. The Balaban J connectivity index is 2.46. The summed E-state index contributed by atoms with van der Waals surface area (Å²) in [5, 5.41) is 0. The molecule has 97 valence electrons. The third kappa shape index (κ3) is 2.06. The number of benzene rings is 1. The van der Waals surface area contributed by atoms with Crippen LogP contribution in [-0.2, 0) is 14.8 Å². The van der Waals surface area contributed by atoms with Crippen LogP contribution in [0.4, 0.5) is 4.39 Å². The zero-order valence-corrected chi connectivity index (χ0v) is 10.7. The lowest BCUT2D eigenvalue weighted by Gasteiger charge is -2.28. The van der Waals surface area contributed by atoms with E-state index in [0.29, 0.717) is 12.8 Å². The number of nitrogens with zero attached hydrogens (tertiary/aromatic N) is 1. The third-order valence-corrected chi connectivity index (χ3v) is 5.19. The first-order valence-corrected chi connectivity index (χ1v) is 7.02. The lowest BCUT2D eigenvalue weighted by molar-refractivity contribution is 0.335. The van der Waals surface area contributed by atoms with Crippen LogP contribution < -0.4 is 0 Å². The largest absolute Gasteiger partial charge is 0.289 e. The predicted molar refractivity (Wildman–Crippen MR) is 63.6 cm³/mol. The lowest BCUT2D eigenvalue weighted by Crippen LogP contribution is -2.46. The fraction of sp³-hybridized carbons (Fsp3) is 0.417. The van der Waals surface area contributed by atoms with E-state index in [9.17, 15) is 17.6 Å². The van der Waals surface area contributed by atoms with Crippen molar-refractivity contribution in [3.8, 4) is 0 Å². The van der Waals surface area contributed by atoms with Crippen molar-refractivity contribution in [1.29, 1.82) is 0 Å². The van der Waals surface area contributed by atoms with Crippen molar-refractivity contribution in [3.63, 3.8) is 0 Å². The van der Waals surface area contributed by atoms with E-state index in [1.54, 1.807) is 6.29 Å². The average Bonchev–Trinajstić information content (AvgIpc) is 2.73. The highest BCUT2D eigenvalue weighted by molar-refractivity contribution is 7.89. The molecule has 1 aliphatic heterocycles. The molecule has 1 saturated heterocycles. The standard InChI is InChI=1S/C12H13FNO3S/c1-12(9-15)6-3-7-14(12)18(16,17)11-5-2-4-10(13)8-11/h2,4-5,8H,3,6-7H2,1H3/t12-/m0/s1. The predicted octanol–water partition coefficient (Wildman–Crippen LogP) is 1.48. The van der Waals surface area contributed by atoms with E-state index in [4.69, 9.17) is 0 Å². The van der Waals surface area contributed by atoms with Crippen molar-refractivity contribution in [2.75, 3.05) is 6.54 Å². The first-order chi connectivity index (χ1) is 8.40. The van der Waals surface area contributed by atoms with Gasteiger partial charge in [-0.25, -0.2) is 12.8 Å². The second-order valence-corrected chi connectivity index (χ2v) is 6.38. The molecule has 0 amide bonds. The van der Waals surface area contributed by atoms with Crippen LogP contribution in [0.2, 0.25) is 0 Å². The molecule has 6 heteroatoms. The maximum Gasteiger partial charge on any atom is 0.244 e. The zero-order chi connectivity index (χ0) is 13.4.